The fraction of sp³-hybridized carbons (Fsp3) is 0.233. The molecule has 2 heterocycles. The highest BCUT2D eigenvalue weighted by Crippen LogP contribution is 2.35. The van der Waals surface area contributed by atoms with Gasteiger partial charge in [-0.2, -0.15) is 0 Å². The first-order valence-electron chi connectivity index (χ1n) is 12.5. The van der Waals surface area contributed by atoms with Crippen molar-refractivity contribution >= 4 is 34.2 Å². The van der Waals surface area contributed by atoms with Crippen LogP contribution in [-0.4, -0.2) is 38.0 Å². The Morgan fingerprint density at radius 2 is 1.69 bits per heavy atom. The number of thiazole rings is 1. The average molecular weight is 545 g/mol. The number of carbonyl (C=O) groups is 1. The molecule has 0 amide bonds. The number of hydrogen-bond donors (Lipinski definition) is 0. The van der Waals surface area contributed by atoms with Gasteiger partial charge in [-0.1, -0.05) is 47.7 Å². The number of carbonyl (C=O) groups excluding carboxylic acids is 1. The minimum Gasteiger partial charge on any atom is -0.496 e. The Labute approximate surface area is 229 Å². The molecule has 0 aliphatic carbocycles. The number of esters is 1. The van der Waals surface area contributed by atoms with Crippen LogP contribution < -0.4 is 29.1 Å². The SMILES string of the molecule is CCOc1ccc([C@@H]2C(C(=O)OC)=CN=c3s/c(=C\c4ccc(OC)c5ccccc45)c(=O)n32)cc1OCC. The van der Waals surface area contributed by atoms with Crippen LogP contribution in [0.25, 0.3) is 16.8 Å². The third-order valence-corrected chi connectivity index (χ3v) is 7.43. The molecule has 9 heteroatoms. The number of nitrogens with zero attached hydrogens (tertiary/aromatic N) is 2. The molecule has 0 saturated heterocycles. The summed E-state index contributed by atoms with van der Waals surface area (Å²) in [5.74, 6) is 1.31. The Kier molecular flexibility index (Phi) is 7.51. The molecule has 0 fully saturated rings. The number of aromatic nitrogens is 1. The summed E-state index contributed by atoms with van der Waals surface area (Å²) >= 11 is 1.27. The third kappa shape index (κ3) is 4.81. The largest absolute Gasteiger partial charge is 0.496 e. The van der Waals surface area contributed by atoms with Crippen LogP contribution in [0, 0.1) is 0 Å². The van der Waals surface area contributed by atoms with E-state index < -0.39 is 12.0 Å². The summed E-state index contributed by atoms with van der Waals surface area (Å²) in [6, 6.07) is 16.4. The topological polar surface area (TPSA) is 88.4 Å². The molecular formula is C30H28N2O6S. The van der Waals surface area contributed by atoms with E-state index in [-0.39, 0.29) is 11.1 Å². The van der Waals surface area contributed by atoms with Gasteiger partial charge in [0.2, 0.25) is 0 Å². The van der Waals surface area contributed by atoms with E-state index >= 15 is 0 Å². The lowest BCUT2D eigenvalue weighted by molar-refractivity contribution is -0.136. The maximum atomic E-state index is 13.9. The first kappa shape index (κ1) is 26.2. The van der Waals surface area contributed by atoms with Crippen LogP contribution >= 0.6 is 11.3 Å². The number of fused-ring (bicyclic) bond motifs is 2. The highest BCUT2D eigenvalue weighted by atomic mass is 32.1. The van der Waals surface area contributed by atoms with E-state index in [9.17, 15) is 9.59 Å². The van der Waals surface area contributed by atoms with Crippen molar-refractivity contribution in [2.75, 3.05) is 27.4 Å². The zero-order valence-electron chi connectivity index (χ0n) is 22.1. The van der Waals surface area contributed by atoms with Crippen molar-refractivity contribution in [2.45, 2.75) is 19.9 Å². The average Bonchev–Trinajstić information content (AvgIpc) is 3.28. The summed E-state index contributed by atoms with van der Waals surface area (Å²) in [5, 5.41) is 1.91. The van der Waals surface area contributed by atoms with Crippen molar-refractivity contribution in [1.82, 2.24) is 4.57 Å². The van der Waals surface area contributed by atoms with Crippen molar-refractivity contribution in [1.29, 1.82) is 0 Å². The maximum absolute atomic E-state index is 13.9. The zero-order valence-corrected chi connectivity index (χ0v) is 22.9. The van der Waals surface area contributed by atoms with E-state index in [1.165, 1.54) is 24.6 Å². The summed E-state index contributed by atoms with van der Waals surface area (Å²) in [6.45, 7) is 4.68. The highest BCUT2D eigenvalue weighted by molar-refractivity contribution is 7.07. The Balaban J connectivity index is 1.70. The second kappa shape index (κ2) is 11.2. The summed E-state index contributed by atoms with van der Waals surface area (Å²) in [5.41, 5.74) is 1.54. The van der Waals surface area contributed by atoms with E-state index in [4.69, 9.17) is 18.9 Å². The van der Waals surface area contributed by atoms with Gasteiger partial charge in [0.15, 0.2) is 16.3 Å². The van der Waals surface area contributed by atoms with Crippen LogP contribution in [0.3, 0.4) is 0 Å². The number of ether oxygens (including phenoxy) is 4. The monoisotopic (exact) mass is 544 g/mol. The molecule has 3 aromatic carbocycles. The Hall–Kier alpha value is -4.37. The van der Waals surface area contributed by atoms with Crippen LogP contribution in [0.2, 0.25) is 0 Å². The van der Waals surface area contributed by atoms with E-state index in [0.717, 1.165) is 22.1 Å². The highest BCUT2D eigenvalue weighted by Gasteiger charge is 2.31. The van der Waals surface area contributed by atoms with Gasteiger partial charge in [0.25, 0.3) is 5.56 Å². The van der Waals surface area contributed by atoms with Gasteiger partial charge in [-0.3, -0.25) is 9.36 Å². The minimum absolute atomic E-state index is 0.248. The lowest BCUT2D eigenvalue weighted by Gasteiger charge is -2.23. The molecule has 39 heavy (non-hydrogen) atoms. The lowest BCUT2D eigenvalue weighted by atomic mass is 9.97. The fourth-order valence-electron chi connectivity index (χ4n) is 4.73. The normalized spacial score (nSPS) is 14.8. The molecule has 0 radical (unpaired) electrons. The van der Waals surface area contributed by atoms with Crippen LogP contribution in [0.5, 0.6) is 17.2 Å². The predicted molar refractivity (Wildman–Crippen MR) is 150 cm³/mol. The van der Waals surface area contributed by atoms with E-state index in [2.05, 4.69) is 4.99 Å². The quantitative estimate of drug-likeness (QED) is 0.312. The minimum atomic E-state index is -0.752. The van der Waals surface area contributed by atoms with E-state index in [1.54, 1.807) is 23.8 Å². The number of rotatable bonds is 8. The van der Waals surface area contributed by atoms with Crippen molar-refractivity contribution < 1.29 is 23.7 Å². The molecule has 4 aromatic rings. The number of hydrogen-bond acceptors (Lipinski definition) is 8. The fourth-order valence-corrected chi connectivity index (χ4v) is 5.69. The molecule has 1 aliphatic heterocycles. The molecule has 0 saturated carbocycles. The van der Waals surface area contributed by atoms with Gasteiger partial charge >= 0.3 is 5.97 Å². The van der Waals surface area contributed by atoms with Crippen molar-refractivity contribution in [3.63, 3.8) is 0 Å². The zero-order chi connectivity index (χ0) is 27.5. The van der Waals surface area contributed by atoms with Crippen molar-refractivity contribution in [3.8, 4) is 17.2 Å². The molecule has 0 bridgehead atoms. The van der Waals surface area contributed by atoms with Crippen molar-refractivity contribution in [3.05, 3.63) is 97.2 Å². The molecule has 0 unspecified atom stereocenters. The smallest absolute Gasteiger partial charge is 0.337 e. The van der Waals surface area contributed by atoms with Crippen molar-refractivity contribution in [2.24, 2.45) is 4.99 Å². The van der Waals surface area contributed by atoms with Gasteiger partial charge < -0.3 is 18.9 Å². The predicted octanol–water partition coefficient (Wildman–Crippen LogP) is 3.98. The molecular weight excluding hydrogens is 516 g/mol. The molecule has 0 N–H and O–H groups in total. The second-order valence-corrected chi connectivity index (χ2v) is 9.66. The van der Waals surface area contributed by atoms with Crippen LogP contribution in [0.4, 0.5) is 0 Å². The number of benzene rings is 3. The molecule has 1 aliphatic rings. The molecule has 200 valence electrons. The number of methoxy groups -OCH3 is 2. The summed E-state index contributed by atoms with van der Waals surface area (Å²) in [7, 11) is 2.94. The van der Waals surface area contributed by atoms with E-state index in [1.807, 2.05) is 62.4 Å². The van der Waals surface area contributed by atoms with Gasteiger partial charge in [-0.15, -0.1) is 0 Å². The van der Waals surface area contributed by atoms with Gasteiger partial charge in [0.05, 0.1) is 43.6 Å². The van der Waals surface area contributed by atoms with Crippen LogP contribution in [0.15, 0.2) is 76.2 Å². The van der Waals surface area contributed by atoms with Gasteiger partial charge in [0, 0.05) is 11.6 Å². The Bertz CT molecular complexity index is 1770. The lowest BCUT2D eigenvalue weighted by Crippen LogP contribution is -2.39. The summed E-state index contributed by atoms with van der Waals surface area (Å²) in [4.78, 5) is 31.7. The summed E-state index contributed by atoms with van der Waals surface area (Å²) in [6.07, 6.45) is 3.33. The molecule has 0 spiro atoms. The Morgan fingerprint density at radius 3 is 2.41 bits per heavy atom. The standard InChI is InChI=1S/C30H28N2O6S/c1-5-37-24-14-12-19(15-25(24)38-6-2)27-22(29(34)36-4)17-31-30-32(27)28(33)26(39-30)16-18-11-13-23(35-3)21-10-8-7-9-20(18)21/h7-17,27H,5-6H2,1-4H3/b26-16-/t27-/m1/s1. The first-order chi connectivity index (χ1) is 19.0. The van der Waals surface area contributed by atoms with E-state index in [0.29, 0.717) is 39.6 Å². The second-order valence-electron chi connectivity index (χ2n) is 8.65. The molecule has 5 rings (SSSR count). The summed E-state index contributed by atoms with van der Waals surface area (Å²) < 4.78 is 24.1. The van der Waals surface area contributed by atoms with Crippen LogP contribution in [0.1, 0.15) is 31.0 Å². The first-order valence-corrected chi connectivity index (χ1v) is 13.4. The molecule has 1 atom stereocenters. The molecule has 1 aromatic heterocycles. The Morgan fingerprint density at radius 1 is 0.974 bits per heavy atom. The van der Waals surface area contributed by atoms with Gasteiger partial charge in [-0.25, -0.2) is 9.79 Å². The molecule has 8 nitrogen and oxygen atoms in total. The van der Waals surface area contributed by atoms with Gasteiger partial charge in [-0.05, 0) is 54.6 Å². The van der Waals surface area contributed by atoms with Crippen LogP contribution in [-0.2, 0) is 9.53 Å². The maximum Gasteiger partial charge on any atom is 0.337 e. The van der Waals surface area contributed by atoms with Gasteiger partial charge in [0.1, 0.15) is 5.75 Å². The third-order valence-electron chi connectivity index (χ3n) is 6.43.